The van der Waals surface area contributed by atoms with Crippen LogP contribution in [0.25, 0.3) is 0 Å². The topological polar surface area (TPSA) is 78.0 Å². The predicted molar refractivity (Wildman–Crippen MR) is 95.8 cm³/mol. The van der Waals surface area contributed by atoms with Crippen molar-refractivity contribution in [2.45, 2.75) is 21.4 Å². The normalized spacial score (nSPS) is 11.6. The molecule has 0 aliphatic heterocycles. The number of aromatic nitrogens is 2. The highest BCUT2D eigenvalue weighted by Gasteiger charge is 2.29. The second-order valence-corrected chi connectivity index (χ2v) is 8.01. The van der Waals surface area contributed by atoms with Gasteiger partial charge in [-0.3, -0.25) is 0 Å². The summed E-state index contributed by atoms with van der Waals surface area (Å²) in [5.74, 6) is -0.271. The molecule has 2 N–H and O–H groups in total. The van der Waals surface area contributed by atoms with Gasteiger partial charge in [0.15, 0.2) is 0 Å². The molecule has 8 heteroatoms. The highest BCUT2D eigenvalue weighted by molar-refractivity contribution is 7.99. The first-order valence-corrected chi connectivity index (χ1v) is 10.1. The van der Waals surface area contributed by atoms with Crippen molar-refractivity contribution in [1.29, 1.82) is 0 Å². The van der Waals surface area contributed by atoms with Gasteiger partial charge in [-0.25, -0.2) is 17.5 Å². The summed E-state index contributed by atoms with van der Waals surface area (Å²) in [4.78, 5) is 0.173. The number of halogens is 1. The van der Waals surface area contributed by atoms with Crippen LogP contribution in [0.3, 0.4) is 0 Å². The average Bonchev–Trinajstić information content (AvgIpc) is 2.94. The van der Waals surface area contributed by atoms with Gasteiger partial charge in [0.25, 0.3) is 0 Å². The van der Waals surface area contributed by atoms with Gasteiger partial charge >= 0.3 is 0 Å². The van der Waals surface area contributed by atoms with Crippen LogP contribution in [0.15, 0.2) is 69.4 Å². The molecule has 130 valence electrons. The Labute approximate surface area is 149 Å². The molecular formula is C17H16FN3O2S2. The Bertz CT molecular complexity index is 985. The van der Waals surface area contributed by atoms with Crippen molar-refractivity contribution in [3.05, 3.63) is 66.0 Å². The third kappa shape index (κ3) is 3.40. The fourth-order valence-electron chi connectivity index (χ4n) is 2.42. The lowest BCUT2D eigenvalue weighted by atomic mass is 10.2. The van der Waals surface area contributed by atoms with Gasteiger partial charge < -0.3 is 5.73 Å². The molecule has 2 aromatic carbocycles. The first kappa shape index (κ1) is 17.5. The van der Waals surface area contributed by atoms with Crippen molar-refractivity contribution in [2.24, 2.45) is 0 Å². The second-order valence-electron chi connectivity index (χ2n) is 5.32. The Balaban J connectivity index is 2.06. The van der Waals surface area contributed by atoms with Gasteiger partial charge in [0.2, 0.25) is 9.84 Å². The molecular weight excluding hydrogens is 361 g/mol. The summed E-state index contributed by atoms with van der Waals surface area (Å²) in [7, 11) is -3.78. The van der Waals surface area contributed by atoms with Gasteiger partial charge in [-0.1, -0.05) is 30.3 Å². The number of nitrogen functional groups attached to an aromatic ring is 1. The lowest BCUT2D eigenvalue weighted by Gasteiger charge is -2.07. The molecule has 0 saturated carbocycles. The zero-order valence-corrected chi connectivity index (χ0v) is 15.0. The summed E-state index contributed by atoms with van der Waals surface area (Å²) >= 11 is 1.21. The molecule has 0 aliphatic carbocycles. The fourth-order valence-corrected chi connectivity index (χ4v) is 4.87. The number of hydrogen-bond donors (Lipinski definition) is 1. The van der Waals surface area contributed by atoms with E-state index in [1.54, 1.807) is 36.6 Å². The van der Waals surface area contributed by atoms with Crippen molar-refractivity contribution in [1.82, 2.24) is 9.78 Å². The fraction of sp³-hybridized carbons (Fsp3) is 0.118. The largest absolute Gasteiger partial charge is 0.383 e. The van der Waals surface area contributed by atoms with E-state index in [1.807, 2.05) is 0 Å². The average molecular weight is 377 g/mol. The Kier molecular flexibility index (Phi) is 4.82. The van der Waals surface area contributed by atoms with E-state index in [2.05, 4.69) is 5.10 Å². The summed E-state index contributed by atoms with van der Waals surface area (Å²) in [6.07, 6.45) is 1.74. The maximum atomic E-state index is 13.0. The number of nitrogens with zero attached hydrogens (tertiary/aromatic N) is 2. The van der Waals surface area contributed by atoms with E-state index in [-0.39, 0.29) is 28.0 Å². The molecule has 0 atom stereocenters. The zero-order chi connectivity index (χ0) is 18.0. The van der Waals surface area contributed by atoms with Crippen LogP contribution in [0.4, 0.5) is 10.2 Å². The SMILES string of the molecule is CSc1nn(Cc2ccc(F)cc2)c(N)c1S(=O)(=O)c1ccccc1. The Hall–Kier alpha value is -2.32. The molecule has 25 heavy (non-hydrogen) atoms. The lowest BCUT2D eigenvalue weighted by molar-refractivity contribution is 0.594. The van der Waals surface area contributed by atoms with Gasteiger partial charge in [-0.2, -0.15) is 5.10 Å². The summed E-state index contributed by atoms with van der Waals surface area (Å²) in [5, 5.41) is 4.66. The monoisotopic (exact) mass is 377 g/mol. The molecule has 0 amide bonds. The summed E-state index contributed by atoms with van der Waals surface area (Å²) < 4.78 is 40.4. The molecule has 1 heterocycles. The number of sulfone groups is 1. The van der Waals surface area contributed by atoms with Crippen molar-refractivity contribution in [2.75, 3.05) is 12.0 Å². The van der Waals surface area contributed by atoms with Crippen molar-refractivity contribution >= 4 is 27.4 Å². The maximum Gasteiger partial charge on any atom is 0.212 e. The maximum absolute atomic E-state index is 13.0. The first-order valence-electron chi connectivity index (χ1n) is 7.38. The third-order valence-corrected chi connectivity index (χ3v) is 6.31. The number of thioether (sulfide) groups is 1. The van der Waals surface area contributed by atoms with Gasteiger partial charge in [0.1, 0.15) is 21.6 Å². The standard InChI is InChI=1S/C17H16FN3O2S2/c1-24-17-15(25(22,23)14-5-3-2-4-6-14)16(19)21(20-17)11-12-7-9-13(18)10-8-12/h2-10H,11,19H2,1H3. The molecule has 0 radical (unpaired) electrons. The van der Waals surface area contributed by atoms with Crippen LogP contribution in [-0.2, 0) is 16.4 Å². The first-order chi connectivity index (χ1) is 11.9. The molecule has 3 aromatic rings. The lowest BCUT2D eigenvalue weighted by Crippen LogP contribution is -2.09. The quantitative estimate of drug-likeness (QED) is 0.691. The van der Waals surface area contributed by atoms with E-state index in [1.165, 1.54) is 40.7 Å². The summed E-state index contributed by atoms with van der Waals surface area (Å²) in [5.41, 5.74) is 6.89. The van der Waals surface area contributed by atoms with E-state index >= 15 is 0 Å². The minimum atomic E-state index is -3.78. The van der Waals surface area contributed by atoms with E-state index in [0.29, 0.717) is 5.03 Å². The van der Waals surface area contributed by atoms with Crippen molar-refractivity contribution < 1.29 is 12.8 Å². The number of hydrogen-bond acceptors (Lipinski definition) is 5. The Morgan fingerprint density at radius 2 is 1.76 bits per heavy atom. The zero-order valence-electron chi connectivity index (χ0n) is 13.4. The van der Waals surface area contributed by atoms with Gasteiger partial charge in [0, 0.05) is 0 Å². The molecule has 0 fully saturated rings. The van der Waals surface area contributed by atoms with Crippen LogP contribution in [0, 0.1) is 5.82 Å². The molecule has 5 nitrogen and oxygen atoms in total. The minimum Gasteiger partial charge on any atom is -0.383 e. The predicted octanol–water partition coefficient (Wildman–Crippen LogP) is 3.21. The Morgan fingerprint density at radius 3 is 2.36 bits per heavy atom. The highest BCUT2D eigenvalue weighted by Crippen LogP contribution is 2.34. The third-order valence-electron chi connectivity index (χ3n) is 3.68. The van der Waals surface area contributed by atoms with E-state index < -0.39 is 9.84 Å². The molecule has 0 saturated heterocycles. The molecule has 0 bridgehead atoms. The molecule has 1 aromatic heterocycles. The molecule has 0 aliphatic rings. The van der Waals surface area contributed by atoms with Crippen LogP contribution in [0.1, 0.15) is 5.56 Å². The van der Waals surface area contributed by atoms with Gasteiger partial charge in [0.05, 0.1) is 11.4 Å². The van der Waals surface area contributed by atoms with Crippen LogP contribution in [0.5, 0.6) is 0 Å². The highest BCUT2D eigenvalue weighted by atomic mass is 32.2. The molecule has 0 spiro atoms. The van der Waals surface area contributed by atoms with E-state index in [0.717, 1.165) is 5.56 Å². The minimum absolute atomic E-state index is 0.00770. The number of rotatable bonds is 5. The number of anilines is 1. The van der Waals surface area contributed by atoms with E-state index in [9.17, 15) is 12.8 Å². The van der Waals surface area contributed by atoms with Crippen molar-refractivity contribution in [3.8, 4) is 0 Å². The summed E-state index contributed by atoms with van der Waals surface area (Å²) in [6.45, 7) is 0.254. The van der Waals surface area contributed by atoms with E-state index in [4.69, 9.17) is 5.73 Å². The van der Waals surface area contributed by atoms with Gasteiger partial charge in [-0.15, -0.1) is 11.8 Å². The van der Waals surface area contributed by atoms with Crippen LogP contribution in [-0.4, -0.2) is 24.5 Å². The molecule has 3 rings (SSSR count). The second kappa shape index (κ2) is 6.89. The summed E-state index contributed by atoms with van der Waals surface area (Å²) in [6, 6.07) is 14.0. The van der Waals surface area contributed by atoms with Crippen LogP contribution >= 0.6 is 11.8 Å². The molecule has 0 unspecified atom stereocenters. The Morgan fingerprint density at radius 1 is 1.12 bits per heavy atom. The van der Waals surface area contributed by atoms with Gasteiger partial charge in [-0.05, 0) is 36.1 Å². The number of nitrogens with two attached hydrogens (primary N) is 1. The number of benzene rings is 2. The van der Waals surface area contributed by atoms with Crippen molar-refractivity contribution in [3.63, 3.8) is 0 Å². The van der Waals surface area contributed by atoms with Crippen LogP contribution < -0.4 is 5.73 Å². The smallest absolute Gasteiger partial charge is 0.212 e. The van der Waals surface area contributed by atoms with Crippen LogP contribution in [0.2, 0.25) is 0 Å².